The van der Waals surface area contributed by atoms with E-state index in [4.69, 9.17) is 0 Å². The first-order chi connectivity index (χ1) is 18.9. The van der Waals surface area contributed by atoms with Gasteiger partial charge in [0.15, 0.2) is 0 Å². The summed E-state index contributed by atoms with van der Waals surface area (Å²) < 4.78 is 0. The van der Waals surface area contributed by atoms with Gasteiger partial charge in [0.25, 0.3) is 0 Å². The van der Waals surface area contributed by atoms with E-state index in [1.165, 1.54) is 6.42 Å². The number of Topliss-reactive ketones (excluding diaryl/α,β-unsaturated/α-hetero) is 1. The summed E-state index contributed by atoms with van der Waals surface area (Å²) in [4.78, 5) is 42.3. The van der Waals surface area contributed by atoms with Crippen LogP contribution in [0.1, 0.15) is 64.7 Å². The molecule has 6 heteroatoms. The van der Waals surface area contributed by atoms with Gasteiger partial charge in [-0.1, -0.05) is 31.9 Å². The van der Waals surface area contributed by atoms with Crippen LogP contribution in [-0.4, -0.2) is 22.6 Å². The maximum absolute atomic E-state index is 13.5. The number of benzene rings is 2. The third kappa shape index (κ3) is 4.29. The van der Waals surface area contributed by atoms with E-state index in [1.807, 2.05) is 42.6 Å². The van der Waals surface area contributed by atoms with Crippen molar-refractivity contribution in [3.8, 4) is 11.1 Å². The number of fused-ring (bicyclic) bond motifs is 1. The molecule has 2 aromatic carbocycles. The number of hydrogen-bond donors (Lipinski definition) is 3. The van der Waals surface area contributed by atoms with Crippen molar-refractivity contribution in [1.82, 2.24) is 4.98 Å². The van der Waals surface area contributed by atoms with Gasteiger partial charge in [-0.2, -0.15) is 0 Å². The summed E-state index contributed by atoms with van der Waals surface area (Å²) in [6, 6.07) is 14.0. The van der Waals surface area contributed by atoms with E-state index in [2.05, 4.69) is 28.6 Å². The number of hydrogen-bond acceptors (Lipinski definition) is 3. The van der Waals surface area contributed by atoms with Gasteiger partial charge in [0.05, 0.1) is 5.41 Å². The molecular weight excluding hydrogens is 486 g/mol. The summed E-state index contributed by atoms with van der Waals surface area (Å²) in [5, 5.41) is 7.41. The quantitative estimate of drug-likeness (QED) is 0.338. The van der Waals surface area contributed by atoms with Gasteiger partial charge in [-0.3, -0.25) is 14.4 Å². The summed E-state index contributed by atoms with van der Waals surface area (Å²) in [7, 11) is 0. The second-order valence-electron chi connectivity index (χ2n) is 12.9. The van der Waals surface area contributed by atoms with E-state index < -0.39 is 0 Å². The van der Waals surface area contributed by atoms with Crippen molar-refractivity contribution in [1.29, 1.82) is 0 Å². The molecule has 202 valence electrons. The number of amides is 2. The lowest BCUT2D eigenvalue weighted by Crippen LogP contribution is -2.55. The van der Waals surface area contributed by atoms with Crippen LogP contribution in [-0.2, 0) is 14.4 Å². The Kier molecular flexibility index (Phi) is 5.91. The van der Waals surface area contributed by atoms with Gasteiger partial charge in [0.2, 0.25) is 11.8 Å². The predicted octanol–water partition coefficient (Wildman–Crippen LogP) is 6.93. The van der Waals surface area contributed by atoms with Crippen molar-refractivity contribution in [2.45, 2.75) is 64.7 Å². The molecule has 5 aliphatic rings. The molecule has 5 fully saturated rings. The number of H-pyrrole nitrogens is 1. The fraction of sp³-hybridized carbons (Fsp3) is 0.485. The molecule has 4 unspecified atom stereocenters. The van der Waals surface area contributed by atoms with E-state index >= 15 is 0 Å². The molecule has 6 nitrogen and oxygen atoms in total. The zero-order valence-electron chi connectivity index (χ0n) is 22.6. The minimum atomic E-state index is -0.379. The predicted molar refractivity (Wildman–Crippen MR) is 153 cm³/mol. The first-order valence-corrected chi connectivity index (χ1v) is 14.8. The van der Waals surface area contributed by atoms with Crippen LogP contribution < -0.4 is 10.6 Å². The van der Waals surface area contributed by atoms with Crippen molar-refractivity contribution in [3.63, 3.8) is 0 Å². The van der Waals surface area contributed by atoms with Crippen LogP contribution in [0.2, 0.25) is 0 Å². The van der Waals surface area contributed by atoms with Gasteiger partial charge < -0.3 is 15.6 Å². The van der Waals surface area contributed by atoms with Crippen LogP contribution in [0.15, 0.2) is 48.7 Å². The lowest BCUT2D eigenvalue weighted by Gasteiger charge is -2.54. The maximum atomic E-state index is 13.5. The molecule has 4 bridgehead atoms. The molecule has 0 saturated heterocycles. The van der Waals surface area contributed by atoms with Crippen LogP contribution >= 0.6 is 0 Å². The highest BCUT2D eigenvalue weighted by atomic mass is 16.2. The Labute approximate surface area is 229 Å². The number of aromatic amines is 1. The molecule has 3 aromatic rings. The lowest BCUT2D eigenvalue weighted by molar-refractivity contribution is -0.154. The number of rotatable bonds is 5. The van der Waals surface area contributed by atoms with E-state index in [1.54, 1.807) is 0 Å². The Morgan fingerprint density at radius 3 is 2.36 bits per heavy atom. The summed E-state index contributed by atoms with van der Waals surface area (Å²) in [6.07, 6.45) is 10.8. The van der Waals surface area contributed by atoms with Crippen molar-refractivity contribution in [3.05, 3.63) is 48.7 Å². The molecule has 1 aromatic heterocycles. The Morgan fingerprint density at radius 1 is 0.897 bits per heavy atom. The van der Waals surface area contributed by atoms with Crippen LogP contribution in [0.4, 0.5) is 11.4 Å². The van der Waals surface area contributed by atoms with Crippen molar-refractivity contribution in [2.24, 2.45) is 35.0 Å². The first-order valence-electron chi connectivity index (χ1n) is 14.8. The van der Waals surface area contributed by atoms with Crippen molar-refractivity contribution < 1.29 is 14.4 Å². The highest BCUT2D eigenvalue weighted by Gasteiger charge is 2.58. The number of aromatic nitrogens is 1. The van der Waals surface area contributed by atoms with E-state index in [-0.39, 0.29) is 35.0 Å². The largest absolute Gasteiger partial charge is 0.361 e. The molecule has 39 heavy (non-hydrogen) atoms. The minimum absolute atomic E-state index is 0.0850. The fourth-order valence-electron chi connectivity index (χ4n) is 8.40. The highest BCUT2D eigenvalue weighted by Crippen LogP contribution is 2.59. The van der Waals surface area contributed by atoms with Crippen molar-refractivity contribution in [2.75, 3.05) is 10.6 Å². The molecule has 0 aliphatic heterocycles. The zero-order chi connectivity index (χ0) is 26.7. The van der Waals surface area contributed by atoms with Crippen LogP contribution in [0, 0.1) is 35.0 Å². The van der Waals surface area contributed by atoms with Gasteiger partial charge in [-0.25, -0.2) is 0 Å². The standard InChI is InChI=1S/C33H37N3O3/c1-19-4-2-3-5-26(19)31(38)35-25-10-11-29-27(14-25)28(18-34-29)21-6-8-24(9-7-21)36-32(39)33-15-20-12-22(16-33)30(37)23(13-20)17-33/h6-11,14,18-20,22-23,26,34H,2-5,12-13,15-17H2,1H3,(H,35,38)(H,36,39). The third-order valence-electron chi connectivity index (χ3n) is 10.3. The number of carbonyl (C=O) groups is 3. The number of carbonyl (C=O) groups excluding carboxylic acids is 3. The topological polar surface area (TPSA) is 91.1 Å². The highest BCUT2D eigenvalue weighted by molar-refractivity contribution is 6.01. The van der Waals surface area contributed by atoms with Gasteiger partial charge in [0, 0.05) is 51.8 Å². The molecule has 5 saturated carbocycles. The maximum Gasteiger partial charge on any atom is 0.230 e. The summed E-state index contributed by atoms with van der Waals surface area (Å²) in [5.41, 5.74) is 4.36. The smallest absolute Gasteiger partial charge is 0.230 e. The normalized spacial score (nSPS) is 31.4. The summed E-state index contributed by atoms with van der Waals surface area (Å²) in [5.74, 6) is 1.83. The van der Waals surface area contributed by atoms with E-state index in [0.717, 1.165) is 84.8 Å². The average Bonchev–Trinajstić information content (AvgIpc) is 3.35. The molecule has 5 aliphatic carbocycles. The third-order valence-corrected chi connectivity index (χ3v) is 10.3. The zero-order valence-corrected chi connectivity index (χ0v) is 22.6. The van der Waals surface area contributed by atoms with Crippen LogP contribution in [0.5, 0.6) is 0 Å². The van der Waals surface area contributed by atoms with E-state index in [9.17, 15) is 14.4 Å². The van der Waals surface area contributed by atoms with Gasteiger partial charge in [-0.15, -0.1) is 0 Å². The number of ketones is 1. The molecule has 3 N–H and O–H groups in total. The first kappa shape index (κ1) is 24.6. The molecule has 0 spiro atoms. The molecule has 1 heterocycles. The van der Waals surface area contributed by atoms with Crippen LogP contribution in [0.3, 0.4) is 0 Å². The van der Waals surface area contributed by atoms with Gasteiger partial charge in [-0.05, 0) is 92.7 Å². The fourth-order valence-corrected chi connectivity index (χ4v) is 8.40. The Morgan fingerprint density at radius 2 is 1.62 bits per heavy atom. The molecule has 0 radical (unpaired) electrons. The second-order valence-corrected chi connectivity index (χ2v) is 12.9. The molecule has 2 amide bonds. The van der Waals surface area contributed by atoms with Crippen LogP contribution in [0.25, 0.3) is 22.0 Å². The van der Waals surface area contributed by atoms with E-state index in [0.29, 0.717) is 17.6 Å². The summed E-state index contributed by atoms with van der Waals surface area (Å²) >= 11 is 0. The Hall–Kier alpha value is -3.41. The SMILES string of the molecule is CC1CCCCC1C(=O)Nc1ccc2[nH]cc(-c3ccc(NC(=O)C45CC6CC(C4)C(=O)C(C6)C5)cc3)c2c1. The van der Waals surface area contributed by atoms with Gasteiger partial charge in [0.1, 0.15) is 5.78 Å². The number of nitrogens with one attached hydrogen (secondary N) is 3. The minimum Gasteiger partial charge on any atom is -0.361 e. The Balaban J connectivity index is 1.07. The molecule has 4 atom stereocenters. The molecule has 8 rings (SSSR count). The second kappa shape index (κ2) is 9.35. The summed E-state index contributed by atoms with van der Waals surface area (Å²) in [6.45, 7) is 2.19. The molecular formula is C33H37N3O3. The van der Waals surface area contributed by atoms with Gasteiger partial charge >= 0.3 is 0 Å². The van der Waals surface area contributed by atoms with Crippen molar-refractivity contribution >= 4 is 39.9 Å². The lowest BCUT2D eigenvalue weighted by atomic mass is 9.49. The average molecular weight is 524 g/mol. The monoisotopic (exact) mass is 523 g/mol. The number of anilines is 2. The Bertz CT molecular complexity index is 1440.